The Morgan fingerprint density at radius 3 is 1.98 bits per heavy atom. The monoisotopic (exact) mass is 587 g/mol. The van der Waals surface area contributed by atoms with Crippen molar-refractivity contribution in [2.45, 2.75) is 52.5 Å². The zero-order valence-electron chi connectivity index (χ0n) is 26.0. The Morgan fingerprint density at radius 1 is 0.818 bits per heavy atom. The number of benzene rings is 4. The molecule has 0 fully saturated rings. The predicted molar refractivity (Wildman–Crippen MR) is 177 cm³/mol. The van der Waals surface area contributed by atoms with E-state index in [1.165, 1.54) is 0 Å². The second-order valence-electron chi connectivity index (χ2n) is 11.4. The van der Waals surface area contributed by atoms with Crippen LogP contribution in [0.2, 0.25) is 0 Å². The summed E-state index contributed by atoms with van der Waals surface area (Å²) >= 11 is 0. The van der Waals surface area contributed by atoms with Crippen molar-refractivity contribution in [3.8, 4) is 11.4 Å². The molecule has 0 aliphatic heterocycles. The standard InChI is InChI=1S/C38H41N3O3/c1-5-34(36-39-33-20-14-13-19-32(33)37(42)41(36)30-21-23-31(24-22-30)44-6-2)40(26-25-27(3)4)38(43)35(28-15-9-7-10-16-28)29-17-11-8-12-18-29/h7-24,27,34-35H,5-6,25-26H2,1-4H3. The minimum atomic E-state index is -0.496. The number of fused-ring (bicyclic) bond motifs is 1. The molecule has 0 N–H and O–H groups in total. The highest BCUT2D eigenvalue weighted by atomic mass is 16.5. The summed E-state index contributed by atoms with van der Waals surface area (Å²) in [4.78, 5) is 36.2. The highest BCUT2D eigenvalue weighted by Crippen LogP contribution is 2.33. The number of hydrogen-bond donors (Lipinski definition) is 0. The lowest BCUT2D eigenvalue weighted by molar-refractivity contribution is -0.135. The van der Waals surface area contributed by atoms with Gasteiger partial charge in [0.2, 0.25) is 5.91 Å². The molecular weight excluding hydrogens is 546 g/mol. The number of para-hydroxylation sites is 1. The van der Waals surface area contributed by atoms with Gasteiger partial charge in [0.1, 0.15) is 11.6 Å². The zero-order valence-corrected chi connectivity index (χ0v) is 26.0. The Labute approximate surface area is 260 Å². The van der Waals surface area contributed by atoms with Crippen LogP contribution in [0.5, 0.6) is 5.75 Å². The fraction of sp³-hybridized carbons (Fsp3) is 0.289. The van der Waals surface area contributed by atoms with Gasteiger partial charge in [-0.05, 0) is 73.2 Å². The lowest BCUT2D eigenvalue weighted by Gasteiger charge is -2.35. The molecule has 0 aliphatic carbocycles. The molecule has 226 valence electrons. The van der Waals surface area contributed by atoms with Crippen LogP contribution in [0.1, 0.15) is 69.4 Å². The maximum absolute atomic E-state index is 14.9. The van der Waals surface area contributed by atoms with Gasteiger partial charge in [0.05, 0.1) is 35.2 Å². The summed E-state index contributed by atoms with van der Waals surface area (Å²) in [5, 5.41) is 0.534. The Kier molecular flexibility index (Phi) is 9.90. The third-order valence-corrected chi connectivity index (χ3v) is 8.01. The van der Waals surface area contributed by atoms with Gasteiger partial charge in [-0.2, -0.15) is 0 Å². The molecule has 0 saturated heterocycles. The van der Waals surface area contributed by atoms with Crippen molar-refractivity contribution in [3.05, 3.63) is 136 Å². The molecule has 1 atom stereocenters. The summed E-state index contributed by atoms with van der Waals surface area (Å²) in [6, 6.07) is 34.4. The van der Waals surface area contributed by atoms with Gasteiger partial charge in [-0.15, -0.1) is 0 Å². The molecule has 1 heterocycles. The number of hydrogen-bond acceptors (Lipinski definition) is 4. The van der Waals surface area contributed by atoms with Crippen molar-refractivity contribution in [3.63, 3.8) is 0 Å². The van der Waals surface area contributed by atoms with Gasteiger partial charge < -0.3 is 9.64 Å². The molecule has 5 rings (SSSR count). The number of nitrogens with zero attached hydrogens (tertiary/aromatic N) is 3. The van der Waals surface area contributed by atoms with Gasteiger partial charge in [0.15, 0.2) is 0 Å². The van der Waals surface area contributed by atoms with E-state index in [0.717, 1.165) is 23.3 Å². The Morgan fingerprint density at radius 2 is 1.41 bits per heavy atom. The van der Waals surface area contributed by atoms with E-state index in [0.29, 0.717) is 47.9 Å². The summed E-state index contributed by atoms with van der Waals surface area (Å²) < 4.78 is 7.36. The van der Waals surface area contributed by atoms with Crippen LogP contribution in [0, 0.1) is 5.92 Å². The van der Waals surface area contributed by atoms with Crippen LogP contribution in [0.4, 0.5) is 0 Å². The molecule has 1 aromatic heterocycles. The lowest BCUT2D eigenvalue weighted by atomic mass is 9.89. The molecule has 5 aromatic rings. The zero-order chi connectivity index (χ0) is 31.1. The van der Waals surface area contributed by atoms with Gasteiger partial charge in [0, 0.05) is 6.54 Å². The number of carbonyl (C=O) groups is 1. The van der Waals surface area contributed by atoms with Gasteiger partial charge >= 0.3 is 0 Å². The number of ether oxygens (including phenoxy) is 1. The molecule has 0 saturated carbocycles. The summed E-state index contributed by atoms with van der Waals surface area (Å²) in [6.45, 7) is 9.42. The summed E-state index contributed by atoms with van der Waals surface area (Å²) in [7, 11) is 0. The molecule has 6 nitrogen and oxygen atoms in total. The second kappa shape index (κ2) is 14.2. The Bertz CT molecular complexity index is 1690. The van der Waals surface area contributed by atoms with E-state index >= 15 is 0 Å². The largest absolute Gasteiger partial charge is 0.494 e. The SMILES string of the molecule is CCOc1ccc(-n2c(C(CC)N(CCC(C)C)C(=O)C(c3ccccc3)c3ccccc3)nc3ccccc3c2=O)cc1. The van der Waals surface area contributed by atoms with E-state index in [1.807, 2.05) is 121 Å². The summed E-state index contributed by atoms with van der Waals surface area (Å²) in [5.74, 6) is 1.17. The van der Waals surface area contributed by atoms with Crippen LogP contribution in [0.3, 0.4) is 0 Å². The maximum atomic E-state index is 14.9. The maximum Gasteiger partial charge on any atom is 0.266 e. The minimum Gasteiger partial charge on any atom is -0.494 e. The van der Waals surface area contributed by atoms with Gasteiger partial charge in [-0.3, -0.25) is 14.2 Å². The molecule has 0 aliphatic rings. The van der Waals surface area contributed by atoms with Crippen LogP contribution in [-0.2, 0) is 4.79 Å². The Balaban J connectivity index is 1.70. The third kappa shape index (κ3) is 6.60. The first kappa shape index (κ1) is 30.7. The minimum absolute atomic E-state index is 0.00412. The quantitative estimate of drug-likeness (QED) is 0.149. The highest BCUT2D eigenvalue weighted by molar-refractivity contribution is 5.87. The lowest BCUT2D eigenvalue weighted by Crippen LogP contribution is -2.42. The van der Waals surface area contributed by atoms with E-state index in [-0.39, 0.29) is 11.5 Å². The van der Waals surface area contributed by atoms with Gasteiger partial charge in [-0.1, -0.05) is 93.6 Å². The molecule has 6 heteroatoms. The molecular formula is C38H41N3O3. The van der Waals surface area contributed by atoms with Crippen LogP contribution >= 0.6 is 0 Å². The molecule has 0 bridgehead atoms. The molecule has 44 heavy (non-hydrogen) atoms. The van der Waals surface area contributed by atoms with Gasteiger partial charge in [-0.25, -0.2) is 4.98 Å². The van der Waals surface area contributed by atoms with Crippen molar-refractivity contribution in [1.82, 2.24) is 14.5 Å². The third-order valence-electron chi connectivity index (χ3n) is 8.01. The number of aromatic nitrogens is 2. The second-order valence-corrected chi connectivity index (χ2v) is 11.4. The number of rotatable bonds is 12. The van der Waals surface area contributed by atoms with Crippen molar-refractivity contribution in [2.24, 2.45) is 5.92 Å². The van der Waals surface area contributed by atoms with E-state index in [1.54, 1.807) is 4.57 Å². The molecule has 0 radical (unpaired) electrons. The number of amides is 1. The fourth-order valence-electron chi connectivity index (χ4n) is 5.77. The smallest absolute Gasteiger partial charge is 0.266 e. The van der Waals surface area contributed by atoms with E-state index < -0.39 is 12.0 Å². The van der Waals surface area contributed by atoms with Crippen LogP contribution in [0.15, 0.2) is 114 Å². The summed E-state index contributed by atoms with van der Waals surface area (Å²) in [5.41, 5.74) is 3.01. The molecule has 0 spiro atoms. The van der Waals surface area contributed by atoms with Crippen molar-refractivity contribution in [2.75, 3.05) is 13.2 Å². The fourth-order valence-corrected chi connectivity index (χ4v) is 5.77. The van der Waals surface area contributed by atoms with Crippen molar-refractivity contribution in [1.29, 1.82) is 0 Å². The van der Waals surface area contributed by atoms with Crippen molar-refractivity contribution < 1.29 is 9.53 Å². The van der Waals surface area contributed by atoms with E-state index in [2.05, 4.69) is 20.8 Å². The first-order chi connectivity index (χ1) is 21.4. The normalized spacial score (nSPS) is 12.0. The predicted octanol–water partition coefficient (Wildman–Crippen LogP) is 7.94. The topological polar surface area (TPSA) is 64.4 Å². The highest BCUT2D eigenvalue weighted by Gasteiger charge is 2.34. The van der Waals surface area contributed by atoms with Crippen LogP contribution < -0.4 is 10.3 Å². The average Bonchev–Trinajstić information content (AvgIpc) is 3.05. The van der Waals surface area contributed by atoms with Crippen molar-refractivity contribution >= 4 is 16.8 Å². The molecule has 1 unspecified atom stereocenters. The first-order valence-corrected chi connectivity index (χ1v) is 15.6. The van der Waals surface area contributed by atoms with E-state index in [9.17, 15) is 9.59 Å². The van der Waals surface area contributed by atoms with Gasteiger partial charge in [0.25, 0.3) is 5.56 Å². The van der Waals surface area contributed by atoms with Crippen LogP contribution in [-0.4, -0.2) is 33.5 Å². The molecule has 1 amide bonds. The molecule has 4 aromatic carbocycles. The van der Waals surface area contributed by atoms with Crippen LogP contribution in [0.25, 0.3) is 16.6 Å². The number of carbonyl (C=O) groups excluding carboxylic acids is 1. The summed E-state index contributed by atoms with van der Waals surface area (Å²) in [6.07, 6.45) is 1.40. The van der Waals surface area contributed by atoms with E-state index in [4.69, 9.17) is 9.72 Å². The average molecular weight is 588 g/mol. The first-order valence-electron chi connectivity index (χ1n) is 15.6. The Hall–Kier alpha value is -4.71.